The Morgan fingerprint density at radius 2 is 1.72 bits per heavy atom. The summed E-state index contributed by atoms with van der Waals surface area (Å²) in [7, 11) is 1.58. The van der Waals surface area contributed by atoms with Crippen LogP contribution in [-0.4, -0.2) is 47.1 Å². The van der Waals surface area contributed by atoms with Gasteiger partial charge in [-0.2, -0.15) is 0 Å². The maximum Gasteiger partial charge on any atom is 0.249 e. The highest BCUT2D eigenvalue weighted by Gasteiger charge is 2.34. The second kappa shape index (κ2) is 11.1. The Kier molecular flexibility index (Phi) is 7.75. The van der Waals surface area contributed by atoms with Gasteiger partial charge in [0.2, 0.25) is 11.8 Å². The molecule has 2 amide bonds. The number of carbonyl (C=O) groups is 2. The van der Waals surface area contributed by atoms with E-state index in [1.165, 1.54) is 0 Å². The van der Waals surface area contributed by atoms with Crippen molar-refractivity contribution in [2.75, 3.05) is 25.2 Å². The Morgan fingerprint density at radius 3 is 2.47 bits per heavy atom. The van der Waals surface area contributed by atoms with Crippen LogP contribution in [0.25, 0.3) is 11.0 Å². The molecule has 1 N–H and O–H groups in total. The van der Waals surface area contributed by atoms with Crippen LogP contribution in [0.4, 0.5) is 5.69 Å². The van der Waals surface area contributed by atoms with Crippen LogP contribution in [-0.2, 0) is 20.9 Å². The Morgan fingerprint density at radius 1 is 1.00 bits per heavy atom. The van der Waals surface area contributed by atoms with Gasteiger partial charge in [0.1, 0.15) is 18.1 Å². The van der Waals surface area contributed by atoms with Crippen molar-refractivity contribution in [2.45, 2.75) is 33.4 Å². The first-order valence-electron chi connectivity index (χ1n) is 11.9. The minimum absolute atomic E-state index is 0.0678. The number of anilines is 1. The fourth-order valence-electron chi connectivity index (χ4n) is 4.17. The molecule has 0 aliphatic rings. The normalized spacial score (nSPS) is 11.9. The zero-order valence-electron chi connectivity index (χ0n) is 21.1. The zero-order chi connectivity index (χ0) is 25.7. The number of nitrogens with zero attached hydrogens (tertiary/aromatic N) is 4. The Bertz CT molecular complexity index is 1360. The highest BCUT2D eigenvalue weighted by Crippen LogP contribution is 2.32. The second-order valence-corrected chi connectivity index (χ2v) is 8.89. The summed E-state index contributed by atoms with van der Waals surface area (Å²) < 4.78 is 6.69. The minimum Gasteiger partial charge on any atom is -0.383 e. The smallest absolute Gasteiger partial charge is 0.249 e. The fourth-order valence-corrected chi connectivity index (χ4v) is 4.17. The molecule has 1 atom stereocenters. The van der Waals surface area contributed by atoms with Gasteiger partial charge in [-0.3, -0.25) is 14.5 Å². The SMILES string of the molecule is COCCNC(=O)[C@@H](c1ccc(C)cc1)N(C(=O)Cn1nnc2ccccc21)c1cc(C)ccc1C. The quantitative estimate of drug-likeness (QED) is 0.363. The van der Waals surface area contributed by atoms with Crippen molar-refractivity contribution in [2.24, 2.45) is 0 Å². The number of nitrogens with one attached hydrogen (secondary N) is 1. The molecule has 0 aliphatic heterocycles. The van der Waals surface area contributed by atoms with Gasteiger partial charge in [-0.15, -0.1) is 5.10 Å². The molecule has 186 valence electrons. The maximum atomic E-state index is 14.1. The number of ether oxygens (including phenoxy) is 1. The van der Waals surface area contributed by atoms with E-state index in [0.29, 0.717) is 29.9 Å². The number of para-hydroxylation sites is 1. The number of hydrogen-bond acceptors (Lipinski definition) is 5. The molecule has 0 spiro atoms. The van der Waals surface area contributed by atoms with Crippen LogP contribution in [0.1, 0.15) is 28.3 Å². The number of fused-ring (bicyclic) bond motifs is 1. The van der Waals surface area contributed by atoms with Crippen molar-refractivity contribution in [1.82, 2.24) is 20.3 Å². The summed E-state index contributed by atoms with van der Waals surface area (Å²) in [5.74, 6) is -0.555. The van der Waals surface area contributed by atoms with E-state index in [1.54, 1.807) is 16.7 Å². The first-order chi connectivity index (χ1) is 17.4. The van der Waals surface area contributed by atoms with Crippen LogP contribution >= 0.6 is 0 Å². The van der Waals surface area contributed by atoms with Crippen molar-refractivity contribution >= 4 is 28.5 Å². The molecule has 0 aliphatic carbocycles. The molecule has 1 aromatic heterocycles. The fraction of sp³-hybridized carbons (Fsp3) is 0.286. The van der Waals surface area contributed by atoms with Gasteiger partial charge in [-0.1, -0.05) is 59.3 Å². The van der Waals surface area contributed by atoms with Gasteiger partial charge in [-0.25, -0.2) is 4.68 Å². The third-order valence-corrected chi connectivity index (χ3v) is 6.10. The van der Waals surface area contributed by atoms with E-state index in [1.807, 2.05) is 87.5 Å². The molecule has 0 radical (unpaired) electrons. The number of hydrogen-bond donors (Lipinski definition) is 1. The van der Waals surface area contributed by atoms with E-state index >= 15 is 0 Å². The van der Waals surface area contributed by atoms with Crippen molar-refractivity contribution in [3.63, 3.8) is 0 Å². The van der Waals surface area contributed by atoms with Crippen LogP contribution in [0.5, 0.6) is 0 Å². The molecule has 4 rings (SSSR count). The predicted molar refractivity (Wildman–Crippen MR) is 140 cm³/mol. The van der Waals surface area contributed by atoms with Gasteiger partial charge in [0, 0.05) is 19.3 Å². The summed E-state index contributed by atoms with van der Waals surface area (Å²) in [5, 5.41) is 11.3. The summed E-state index contributed by atoms with van der Waals surface area (Å²) in [6.07, 6.45) is 0. The monoisotopic (exact) mass is 485 g/mol. The average molecular weight is 486 g/mol. The standard InChI is InChI=1S/C28H31N5O3/c1-19-10-13-22(14-11-19)27(28(35)29-15-16-36-4)33(25-17-20(2)9-12-21(25)3)26(34)18-32-24-8-6-5-7-23(24)30-31-32/h5-14,17,27H,15-16,18H2,1-4H3,(H,29,35)/t27-/m1/s1. The van der Waals surface area contributed by atoms with Gasteiger partial charge in [0.15, 0.2) is 0 Å². The molecule has 0 saturated carbocycles. The lowest BCUT2D eigenvalue weighted by atomic mass is 10.00. The average Bonchev–Trinajstić information content (AvgIpc) is 3.27. The van der Waals surface area contributed by atoms with Crippen molar-refractivity contribution < 1.29 is 14.3 Å². The number of benzene rings is 3. The summed E-state index contributed by atoms with van der Waals surface area (Å²) in [5.41, 5.74) is 5.79. The number of aromatic nitrogens is 3. The van der Waals surface area contributed by atoms with E-state index in [0.717, 1.165) is 22.2 Å². The van der Waals surface area contributed by atoms with E-state index in [-0.39, 0.29) is 18.4 Å². The zero-order valence-corrected chi connectivity index (χ0v) is 21.1. The third kappa shape index (κ3) is 5.44. The lowest BCUT2D eigenvalue weighted by molar-refractivity contribution is -0.127. The summed E-state index contributed by atoms with van der Waals surface area (Å²) in [6, 6.07) is 20.2. The van der Waals surface area contributed by atoms with Gasteiger partial charge in [-0.05, 0) is 55.7 Å². The molecule has 4 aromatic rings. The van der Waals surface area contributed by atoms with Gasteiger partial charge in [0.25, 0.3) is 0 Å². The molecule has 3 aromatic carbocycles. The number of rotatable bonds is 9. The van der Waals surface area contributed by atoms with E-state index in [4.69, 9.17) is 4.74 Å². The number of aryl methyl sites for hydroxylation is 3. The molecule has 0 bridgehead atoms. The largest absolute Gasteiger partial charge is 0.383 e. The van der Waals surface area contributed by atoms with Crippen molar-refractivity contribution in [3.05, 3.63) is 89.0 Å². The Hall–Kier alpha value is -4.04. The van der Waals surface area contributed by atoms with Crippen molar-refractivity contribution in [1.29, 1.82) is 0 Å². The number of amides is 2. The van der Waals surface area contributed by atoms with Crippen LogP contribution in [0, 0.1) is 20.8 Å². The Balaban J connectivity index is 1.81. The molecule has 0 unspecified atom stereocenters. The lowest BCUT2D eigenvalue weighted by Crippen LogP contribution is -2.46. The van der Waals surface area contributed by atoms with Crippen molar-refractivity contribution in [3.8, 4) is 0 Å². The molecular formula is C28H31N5O3. The highest BCUT2D eigenvalue weighted by molar-refractivity contribution is 6.02. The topological polar surface area (TPSA) is 89.4 Å². The molecule has 1 heterocycles. The van der Waals surface area contributed by atoms with Gasteiger partial charge >= 0.3 is 0 Å². The van der Waals surface area contributed by atoms with Gasteiger partial charge < -0.3 is 10.1 Å². The number of methoxy groups -OCH3 is 1. The Labute approximate surface area is 210 Å². The van der Waals surface area contributed by atoms with Crippen LogP contribution in [0.2, 0.25) is 0 Å². The molecule has 8 nitrogen and oxygen atoms in total. The van der Waals surface area contributed by atoms with Crippen LogP contribution in [0.15, 0.2) is 66.7 Å². The molecule has 36 heavy (non-hydrogen) atoms. The molecule has 8 heteroatoms. The number of carbonyl (C=O) groups excluding carboxylic acids is 2. The highest BCUT2D eigenvalue weighted by atomic mass is 16.5. The molecule has 0 fully saturated rings. The van der Waals surface area contributed by atoms with Crippen LogP contribution < -0.4 is 10.2 Å². The van der Waals surface area contributed by atoms with Gasteiger partial charge in [0.05, 0.1) is 12.1 Å². The summed E-state index contributed by atoms with van der Waals surface area (Å²) >= 11 is 0. The molecule has 0 saturated heterocycles. The second-order valence-electron chi connectivity index (χ2n) is 8.89. The van der Waals surface area contributed by atoms with E-state index in [9.17, 15) is 9.59 Å². The summed E-state index contributed by atoms with van der Waals surface area (Å²) in [4.78, 5) is 29.3. The lowest BCUT2D eigenvalue weighted by Gasteiger charge is -2.33. The van der Waals surface area contributed by atoms with E-state index < -0.39 is 6.04 Å². The molecular weight excluding hydrogens is 454 g/mol. The minimum atomic E-state index is -0.884. The van der Waals surface area contributed by atoms with E-state index in [2.05, 4.69) is 15.6 Å². The predicted octanol–water partition coefficient (Wildman–Crippen LogP) is 3.89. The van der Waals surface area contributed by atoms with Crippen LogP contribution in [0.3, 0.4) is 0 Å². The maximum absolute atomic E-state index is 14.1. The summed E-state index contributed by atoms with van der Waals surface area (Å²) in [6.45, 7) is 6.53. The first kappa shape index (κ1) is 25.1. The third-order valence-electron chi connectivity index (χ3n) is 6.10. The first-order valence-corrected chi connectivity index (χ1v) is 11.9.